The number of nitrogens with zero attached hydrogens (tertiary/aromatic N) is 5. The molecule has 0 aliphatic carbocycles. The Morgan fingerprint density at radius 2 is 1.40 bits per heavy atom. The Morgan fingerprint density at radius 1 is 0.795 bits per heavy atom. The van der Waals surface area contributed by atoms with Crippen LogP contribution in [0.15, 0.2) is 66.9 Å². The lowest BCUT2D eigenvalue weighted by Crippen LogP contribution is -2.47. The van der Waals surface area contributed by atoms with Crippen LogP contribution < -0.4 is 10.6 Å². The summed E-state index contributed by atoms with van der Waals surface area (Å²) >= 11 is 0. The van der Waals surface area contributed by atoms with E-state index in [1.165, 1.54) is 12.2 Å². The van der Waals surface area contributed by atoms with E-state index in [9.17, 15) is 38.3 Å². The first kappa shape index (κ1) is 57.8. The monoisotopic (exact) mass is 1020 g/mol. The molecule has 2 aliphatic heterocycles. The molecule has 1 aromatic heterocycles. The van der Waals surface area contributed by atoms with Crippen LogP contribution >= 0.6 is 0 Å². The average Bonchev–Trinajstić information content (AvgIpc) is 4.04. The number of amides is 6. The van der Waals surface area contributed by atoms with Crippen LogP contribution in [0.4, 0.5) is 13.6 Å². The van der Waals surface area contributed by atoms with E-state index in [2.05, 4.69) is 10.6 Å². The number of hydrogen-bond acceptors (Lipinski definition) is 13. The second-order valence-corrected chi connectivity index (χ2v) is 19.9. The summed E-state index contributed by atoms with van der Waals surface area (Å²) in [5, 5.41) is 16.1. The van der Waals surface area contributed by atoms with E-state index in [-0.39, 0.29) is 114 Å². The third-order valence-electron chi connectivity index (χ3n) is 11.9. The van der Waals surface area contributed by atoms with E-state index in [0.29, 0.717) is 32.3 Å². The summed E-state index contributed by atoms with van der Waals surface area (Å²) in [5.74, 6) is -3.73. The van der Waals surface area contributed by atoms with Gasteiger partial charge in [-0.2, -0.15) is 0 Å². The highest BCUT2D eigenvalue weighted by Crippen LogP contribution is 2.41. The summed E-state index contributed by atoms with van der Waals surface area (Å²) in [6.45, 7) is 13.5. The minimum absolute atomic E-state index is 0.00520. The van der Waals surface area contributed by atoms with Crippen molar-refractivity contribution < 1.29 is 66.3 Å². The maximum absolute atomic E-state index is 15.3. The second kappa shape index (κ2) is 27.8. The topological polar surface area (TPSA) is 220 Å². The first-order valence-electron chi connectivity index (χ1n) is 24.6. The number of aromatic nitrogens is 2. The third-order valence-corrected chi connectivity index (χ3v) is 11.9. The van der Waals surface area contributed by atoms with Gasteiger partial charge in [-0.1, -0.05) is 51.1 Å². The van der Waals surface area contributed by atoms with Crippen LogP contribution in [-0.4, -0.2) is 169 Å². The molecule has 3 aromatic rings. The lowest BCUT2D eigenvalue weighted by molar-refractivity contribution is -0.141. The Bertz CT molecular complexity index is 2340. The molecule has 1 fully saturated rings. The van der Waals surface area contributed by atoms with Gasteiger partial charge in [-0.15, -0.1) is 0 Å². The predicted molar refractivity (Wildman–Crippen MR) is 263 cm³/mol. The van der Waals surface area contributed by atoms with Crippen molar-refractivity contribution in [3.63, 3.8) is 0 Å². The molecule has 0 bridgehead atoms. The first-order valence-corrected chi connectivity index (χ1v) is 24.6. The molecular weight excluding hydrogens is 953 g/mol. The average molecular weight is 1020 g/mol. The summed E-state index contributed by atoms with van der Waals surface area (Å²) in [6.07, 6.45) is 3.49. The fraction of sp³-hybridized carbons (Fsp3) is 0.558. The number of hydrogen-bond donors (Lipinski definition) is 3. The molecule has 2 aliphatic rings. The zero-order valence-electron chi connectivity index (χ0n) is 42.7. The van der Waals surface area contributed by atoms with E-state index >= 15 is 4.39 Å². The van der Waals surface area contributed by atoms with E-state index in [0.717, 1.165) is 28.7 Å². The molecule has 73 heavy (non-hydrogen) atoms. The molecule has 0 spiro atoms. The zero-order valence-corrected chi connectivity index (χ0v) is 42.7. The third kappa shape index (κ3) is 18.4. The molecule has 3 N–H and O–H groups in total. The summed E-state index contributed by atoms with van der Waals surface area (Å²) in [5.41, 5.74) is -0.517. The molecule has 6 amide bonds. The van der Waals surface area contributed by atoms with Crippen LogP contribution in [0.1, 0.15) is 71.8 Å². The van der Waals surface area contributed by atoms with Crippen LogP contribution in [0.25, 0.3) is 11.3 Å². The van der Waals surface area contributed by atoms with Crippen LogP contribution in [-0.2, 0) is 54.2 Å². The minimum atomic E-state index is -0.835. The van der Waals surface area contributed by atoms with Gasteiger partial charge in [-0.05, 0) is 49.9 Å². The van der Waals surface area contributed by atoms with Crippen molar-refractivity contribution in [2.75, 3.05) is 98.7 Å². The van der Waals surface area contributed by atoms with Gasteiger partial charge in [-0.25, -0.2) is 18.6 Å². The molecule has 400 valence electrons. The van der Waals surface area contributed by atoms with Crippen molar-refractivity contribution in [3.8, 4) is 11.3 Å². The van der Waals surface area contributed by atoms with Crippen LogP contribution in [0, 0.1) is 28.9 Å². The summed E-state index contributed by atoms with van der Waals surface area (Å²) in [6, 6.07) is 11.8. The van der Waals surface area contributed by atoms with E-state index in [1.54, 1.807) is 36.8 Å². The smallest absolute Gasteiger partial charge is 0.410 e. The standard InChI is InChI=1S/C52H71F2N7O12/c1-51(2,3)48(49-57-42(40-28-39(53)12-13-41(40)54)34-58(49)30-36-10-8-7-9-11-36)61(47(67)35-62)33-38-32-59(50(68)73-52(4,5)6)31-37(38)29-56-44(64)17-20-69-22-24-71-26-27-72-25-23-70-21-18-55-43(63)16-19-60-45(65)14-15-46(60)66/h7-15,28,34,37-38,48,62H,16-27,29-33,35H2,1-6H3,(H,55,63)(H,56,64)/t37?,38?,48-/m0/s1. The molecule has 19 nitrogen and oxygen atoms in total. The van der Waals surface area contributed by atoms with E-state index in [4.69, 9.17) is 28.7 Å². The van der Waals surface area contributed by atoms with Crippen molar-refractivity contribution in [1.29, 1.82) is 0 Å². The van der Waals surface area contributed by atoms with Gasteiger partial charge in [0.2, 0.25) is 17.7 Å². The van der Waals surface area contributed by atoms with Crippen LogP contribution in [0.3, 0.4) is 0 Å². The summed E-state index contributed by atoms with van der Waals surface area (Å²) < 4.78 is 59.5. The van der Waals surface area contributed by atoms with Crippen molar-refractivity contribution in [3.05, 3.63) is 89.9 Å². The van der Waals surface area contributed by atoms with Gasteiger partial charge in [0.25, 0.3) is 11.8 Å². The molecule has 2 aromatic carbocycles. The molecule has 3 heterocycles. The quantitative estimate of drug-likeness (QED) is 0.0685. The highest BCUT2D eigenvalue weighted by atomic mass is 19.1. The lowest BCUT2D eigenvalue weighted by atomic mass is 9.83. The Kier molecular flexibility index (Phi) is 22.0. The first-order chi connectivity index (χ1) is 34.7. The van der Waals surface area contributed by atoms with Gasteiger partial charge in [0.15, 0.2) is 0 Å². The number of imidazole rings is 1. The molecule has 0 radical (unpaired) electrons. The molecule has 3 atom stereocenters. The summed E-state index contributed by atoms with van der Waals surface area (Å²) in [4.78, 5) is 84.8. The normalized spacial score (nSPS) is 16.3. The van der Waals surface area contributed by atoms with Gasteiger partial charge in [-0.3, -0.25) is 28.9 Å². The molecular formula is C52H71F2N7O12. The minimum Gasteiger partial charge on any atom is -0.444 e. The molecule has 21 heteroatoms. The van der Waals surface area contributed by atoms with E-state index < -0.39 is 65.0 Å². The summed E-state index contributed by atoms with van der Waals surface area (Å²) in [7, 11) is 0. The number of ether oxygens (including phenoxy) is 5. The van der Waals surface area contributed by atoms with Crippen LogP contribution in [0.2, 0.25) is 0 Å². The van der Waals surface area contributed by atoms with Gasteiger partial charge >= 0.3 is 6.09 Å². The Balaban J connectivity index is 1.11. The number of halogens is 2. The number of nitrogens with one attached hydrogen (secondary N) is 2. The Hall–Kier alpha value is -6.13. The zero-order chi connectivity index (χ0) is 53.1. The number of carbonyl (C=O) groups is 6. The number of imide groups is 1. The number of likely N-dealkylation sites (tertiary alicyclic amines) is 1. The number of benzene rings is 2. The largest absolute Gasteiger partial charge is 0.444 e. The lowest BCUT2D eigenvalue weighted by Gasteiger charge is -2.41. The van der Waals surface area contributed by atoms with Gasteiger partial charge < -0.3 is 53.8 Å². The maximum atomic E-state index is 15.3. The number of rotatable bonds is 28. The molecule has 0 saturated carbocycles. The molecule has 5 rings (SSSR count). The van der Waals surface area contributed by atoms with Crippen molar-refractivity contribution in [2.24, 2.45) is 17.3 Å². The fourth-order valence-electron chi connectivity index (χ4n) is 8.40. The van der Waals surface area contributed by atoms with Crippen molar-refractivity contribution >= 4 is 35.6 Å². The van der Waals surface area contributed by atoms with Gasteiger partial charge in [0, 0.05) is 94.4 Å². The predicted octanol–water partition coefficient (Wildman–Crippen LogP) is 4.27. The van der Waals surface area contributed by atoms with Crippen LogP contribution in [0.5, 0.6) is 0 Å². The van der Waals surface area contributed by atoms with Crippen molar-refractivity contribution in [2.45, 2.75) is 72.6 Å². The second-order valence-electron chi connectivity index (χ2n) is 19.9. The Labute approximate surface area is 425 Å². The van der Waals surface area contributed by atoms with Crippen molar-refractivity contribution in [1.82, 2.24) is 34.9 Å². The number of aliphatic hydroxyl groups is 1. The highest BCUT2D eigenvalue weighted by molar-refractivity contribution is 6.13. The number of carbonyl (C=O) groups excluding carboxylic acids is 6. The Morgan fingerprint density at radius 3 is 2.01 bits per heavy atom. The maximum Gasteiger partial charge on any atom is 0.410 e. The highest BCUT2D eigenvalue weighted by Gasteiger charge is 2.44. The molecule has 2 unspecified atom stereocenters. The SMILES string of the molecule is CC(C)(C)OC(=O)N1CC(CNC(=O)CCOCCOCCOCCOCCNC(=O)CCN2C(=O)C=CC2=O)C(CN(C(=O)CO)[C@@H](c2nc(-c3cc(F)ccc3F)cn2Cc2ccccc2)C(C)(C)C)C1. The fourth-order valence-corrected chi connectivity index (χ4v) is 8.40. The number of aliphatic hydroxyl groups excluding tert-OH is 1. The molecule has 1 saturated heterocycles. The van der Waals surface area contributed by atoms with E-state index in [1.807, 2.05) is 55.7 Å². The van der Waals surface area contributed by atoms with Gasteiger partial charge in [0.1, 0.15) is 29.7 Å². The van der Waals surface area contributed by atoms with Gasteiger partial charge in [0.05, 0.1) is 64.6 Å².